The molecule has 2 aromatic heterocycles. The molecule has 0 aliphatic rings. The summed E-state index contributed by atoms with van der Waals surface area (Å²) >= 11 is 0. The van der Waals surface area contributed by atoms with E-state index in [0.29, 0.717) is 11.1 Å². The van der Waals surface area contributed by atoms with Gasteiger partial charge in [0.25, 0.3) is 0 Å². The van der Waals surface area contributed by atoms with Crippen LogP contribution in [0.1, 0.15) is 26.6 Å². The van der Waals surface area contributed by atoms with Crippen molar-refractivity contribution in [2.24, 2.45) is 0 Å². The minimum absolute atomic E-state index is 0.147. The molecule has 126 valence electrons. The van der Waals surface area contributed by atoms with Crippen molar-refractivity contribution in [3.63, 3.8) is 0 Å². The summed E-state index contributed by atoms with van der Waals surface area (Å²) in [7, 11) is 0. The van der Waals surface area contributed by atoms with Crippen LogP contribution in [-0.2, 0) is 6.18 Å². The summed E-state index contributed by atoms with van der Waals surface area (Å²) < 4.78 is 44.5. The van der Waals surface area contributed by atoms with Gasteiger partial charge in [0, 0.05) is 16.5 Å². The summed E-state index contributed by atoms with van der Waals surface area (Å²) in [5, 5.41) is 3.53. The lowest BCUT2D eigenvalue weighted by molar-refractivity contribution is -0.144. The molecule has 24 heavy (non-hydrogen) atoms. The molecule has 0 aliphatic heterocycles. The Morgan fingerprint density at radius 2 is 1.79 bits per heavy atom. The standard InChI is InChI=1S/C17H16F3N3O/c1-16(2,3)23-14-11-9-10(13-5-4-8-24-13)6-7-12(11)21-15(22-14)17(18,19)20/h4-9H,1-3H3,(H,21,22,23). The fourth-order valence-electron chi connectivity index (χ4n) is 2.30. The van der Waals surface area contributed by atoms with Crippen molar-refractivity contribution in [3.05, 3.63) is 42.4 Å². The van der Waals surface area contributed by atoms with Gasteiger partial charge in [-0.3, -0.25) is 0 Å². The van der Waals surface area contributed by atoms with Crippen molar-refractivity contribution in [1.29, 1.82) is 0 Å². The zero-order valence-corrected chi connectivity index (χ0v) is 13.4. The second-order valence-electron chi connectivity index (χ2n) is 6.48. The number of benzene rings is 1. The second kappa shape index (κ2) is 5.51. The van der Waals surface area contributed by atoms with E-state index in [4.69, 9.17) is 4.42 Å². The van der Waals surface area contributed by atoms with Gasteiger partial charge in [-0.25, -0.2) is 9.97 Å². The van der Waals surface area contributed by atoms with Crippen LogP contribution in [0.3, 0.4) is 0 Å². The predicted molar refractivity (Wildman–Crippen MR) is 85.6 cm³/mol. The van der Waals surface area contributed by atoms with Crippen LogP contribution in [0.2, 0.25) is 0 Å². The predicted octanol–water partition coefficient (Wildman–Crippen LogP) is 5.12. The number of alkyl halides is 3. The molecule has 7 heteroatoms. The molecular weight excluding hydrogens is 319 g/mol. The summed E-state index contributed by atoms with van der Waals surface area (Å²) in [6, 6.07) is 8.47. The molecule has 3 aromatic rings. The van der Waals surface area contributed by atoms with E-state index in [-0.39, 0.29) is 11.3 Å². The maximum Gasteiger partial charge on any atom is 0.451 e. The largest absolute Gasteiger partial charge is 0.464 e. The fourth-order valence-corrected chi connectivity index (χ4v) is 2.30. The highest BCUT2D eigenvalue weighted by Crippen LogP contribution is 2.33. The molecule has 0 bridgehead atoms. The number of furan rings is 1. The summed E-state index contributed by atoms with van der Waals surface area (Å²) in [6.45, 7) is 5.56. The van der Waals surface area contributed by atoms with Gasteiger partial charge in [-0.2, -0.15) is 13.2 Å². The van der Waals surface area contributed by atoms with Crippen LogP contribution >= 0.6 is 0 Å². The number of rotatable bonds is 2. The molecule has 0 amide bonds. The van der Waals surface area contributed by atoms with Crippen molar-refractivity contribution < 1.29 is 17.6 Å². The topological polar surface area (TPSA) is 51.0 Å². The van der Waals surface area contributed by atoms with Crippen LogP contribution in [0.25, 0.3) is 22.2 Å². The third kappa shape index (κ3) is 3.34. The Labute approximate surface area is 136 Å². The molecule has 1 N–H and O–H groups in total. The zero-order valence-electron chi connectivity index (χ0n) is 13.4. The van der Waals surface area contributed by atoms with Gasteiger partial charge in [0.05, 0.1) is 11.8 Å². The first kappa shape index (κ1) is 16.3. The molecule has 2 heterocycles. The number of aromatic nitrogens is 2. The van der Waals surface area contributed by atoms with Crippen LogP contribution in [0.5, 0.6) is 0 Å². The van der Waals surface area contributed by atoms with Crippen LogP contribution in [0.4, 0.5) is 19.0 Å². The molecule has 0 saturated carbocycles. The summed E-state index contributed by atoms with van der Waals surface area (Å²) in [5.74, 6) is -0.390. The third-order valence-corrected chi connectivity index (χ3v) is 3.25. The normalized spacial score (nSPS) is 12.6. The Morgan fingerprint density at radius 1 is 1.04 bits per heavy atom. The van der Waals surface area contributed by atoms with Crippen LogP contribution in [0.15, 0.2) is 41.0 Å². The first-order valence-corrected chi connectivity index (χ1v) is 7.34. The van der Waals surface area contributed by atoms with E-state index in [1.165, 1.54) is 12.3 Å². The molecule has 3 rings (SSSR count). The molecule has 0 saturated heterocycles. The van der Waals surface area contributed by atoms with Gasteiger partial charge in [-0.15, -0.1) is 0 Å². The maximum absolute atomic E-state index is 13.1. The van der Waals surface area contributed by atoms with Gasteiger partial charge >= 0.3 is 6.18 Å². The molecular formula is C17H16F3N3O. The lowest BCUT2D eigenvalue weighted by Gasteiger charge is -2.23. The highest BCUT2D eigenvalue weighted by molar-refractivity contribution is 5.92. The monoisotopic (exact) mass is 335 g/mol. The van der Waals surface area contributed by atoms with E-state index in [9.17, 15) is 13.2 Å². The fraction of sp³-hybridized carbons (Fsp3) is 0.294. The second-order valence-corrected chi connectivity index (χ2v) is 6.48. The van der Waals surface area contributed by atoms with Crippen LogP contribution < -0.4 is 5.32 Å². The average molecular weight is 335 g/mol. The number of hydrogen-bond acceptors (Lipinski definition) is 4. The number of fused-ring (bicyclic) bond motifs is 1. The summed E-state index contributed by atoms with van der Waals surface area (Å²) in [5.41, 5.74) is 0.511. The smallest absolute Gasteiger partial charge is 0.451 e. The SMILES string of the molecule is CC(C)(C)Nc1nc(C(F)(F)F)nc2ccc(-c3ccco3)cc12. The van der Waals surface area contributed by atoms with Gasteiger partial charge in [-0.1, -0.05) is 0 Å². The molecule has 0 radical (unpaired) electrons. The molecule has 0 unspecified atom stereocenters. The number of nitrogens with zero attached hydrogens (tertiary/aromatic N) is 2. The van der Waals surface area contributed by atoms with E-state index in [0.717, 1.165) is 5.56 Å². The Hall–Kier alpha value is -2.57. The van der Waals surface area contributed by atoms with E-state index in [1.54, 1.807) is 24.3 Å². The Balaban J connectivity index is 2.22. The first-order chi connectivity index (χ1) is 11.1. The van der Waals surface area contributed by atoms with Crippen molar-refractivity contribution in [3.8, 4) is 11.3 Å². The minimum Gasteiger partial charge on any atom is -0.464 e. The van der Waals surface area contributed by atoms with Crippen molar-refractivity contribution in [2.75, 3.05) is 5.32 Å². The number of nitrogens with one attached hydrogen (secondary N) is 1. The molecule has 0 atom stereocenters. The number of hydrogen-bond donors (Lipinski definition) is 1. The van der Waals surface area contributed by atoms with Crippen molar-refractivity contribution >= 4 is 16.7 Å². The highest BCUT2D eigenvalue weighted by atomic mass is 19.4. The molecule has 0 fully saturated rings. The van der Waals surface area contributed by atoms with E-state index < -0.39 is 17.5 Å². The first-order valence-electron chi connectivity index (χ1n) is 7.34. The highest BCUT2D eigenvalue weighted by Gasteiger charge is 2.36. The third-order valence-electron chi connectivity index (χ3n) is 3.25. The summed E-state index contributed by atoms with van der Waals surface area (Å²) in [4.78, 5) is 7.35. The average Bonchev–Trinajstić information content (AvgIpc) is 2.98. The molecule has 1 aromatic carbocycles. The number of halogens is 3. The Morgan fingerprint density at radius 3 is 2.38 bits per heavy atom. The van der Waals surface area contributed by atoms with Crippen LogP contribution in [-0.4, -0.2) is 15.5 Å². The van der Waals surface area contributed by atoms with Gasteiger partial charge in [0.1, 0.15) is 11.6 Å². The lowest BCUT2D eigenvalue weighted by atomic mass is 10.1. The van der Waals surface area contributed by atoms with Crippen LogP contribution in [0, 0.1) is 0 Å². The maximum atomic E-state index is 13.1. The van der Waals surface area contributed by atoms with Gasteiger partial charge in [0.15, 0.2) is 0 Å². The van der Waals surface area contributed by atoms with E-state index in [1.807, 2.05) is 20.8 Å². The molecule has 0 spiro atoms. The van der Waals surface area contributed by atoms with E-state index in [2.05, 4.69) is 15.3 Å². The quantitative estimate of drug-likeness (QED) is 0.706. The van der Waals surface area contributed by atoms with Crippen molar-refractivity contribution in [2.45, 2.75) is 32.5 Å². The lowest BCUT2D eigenvalue weighted by Crippen LogP contribution is -2.27. The molecule has 0 aliphatic carbocycles. The summed E-state index contributed by atoms with van der Waals surface area (Å²) in [6.07, 6.45) is -3.07. The van der Waals surface area contributed by atoms with Gasteiger partial charge in [-0.05, 0) is 51.1 Å². The minimum atomic E-state index is -4.61. The van der Waals surface area contributed by atoms with Gasteiger partial charge in [0.2, 0.25) is 5.82 Å². The van der Waals surface area contributed by atoms with Crippen molar-refractivity contribution in [1.82, 2.24) is 9.97 Å². The Kier molecular flexibility index (Phi) is 3.74. The zero-order chi connectivity index (χ0) is 17.5. The molecule has 4 nitrogen and oxygen atoms in total. The van der Waals surface area contributed by atoms with Gasteiger partial charge < -0.3 is 9.73 Å². The number of anilines is 1. The van der Waals surface area contributed by atoms with E-state index >= 15 is 0 Å². The Bertz CT molecular complexity index is 865.